The molecule has 2 aliphatic rings. The van der Waals surface area contributed by atoms with Gasteiger partial charge < -0.3 is 20.0 Å². The quantitative estimate of drug-likeness (QED) is 0.832. The molecule has 0 unspecified atom stereocenters. The molecule has 6 nitrogen and oxygen atoms in total. The summed E-state index contributed by atoms with van der Waals surface area (Å²) in [5, 5.41) is 6.13. The molecule has 1 aromatic heterocycles. The molecule has 2 fully saturated rings. The van der Waals surface area contributed by atoms with Crippen molar-refractivity contribution in [1.29, 1.82) is 0 Å². The van der Waals surface area contributed by atoms with E-state index in [9.17, 15) is 9.59 Å². The molecule has 0 spiro atoms. The summed E-state index contributed by atoms with van der Waals surface area (Å²) in [4.78, 5) is 26.4. The van der Waals surface area contributed by atoms with Crippen LogP contribution >= 0.6 is 0 Å². The zero-order chi connectivity index (χ0) is 14.1. The minimum absolute atomic E-state index is 0.0720. The summed E-state index contributed by atoms with van der Waals surface area (Å²) in [7, 11) is 0. The summed E-state index contributed by atoms with van der Waals surface area (Å²) >= 11 is 0. The third-order valence-electron chi connectivity index (χ3n) is 3.79. The number of nitrogens with zero attached hydrogens (tertiary/aromatic N) is 1. The second kappa shape index (κ2) is 5.28. The zero-order valence-electron chi connectivity index (χ0n) is 11.5. The minimum Gasteiger partial charge on any atom is -0.459 e. The molecule has 3 rings (SSSR count). The molecule has 2 N–H and O–H groups in total. The van der Waals surface area contributed by atoms with Gasteiger partial charge in [0.2, 0.25) is 5.91 Å². The van der Waals surface area contributed by atoms with Crippen molar-refractivity contribution in [2.24, 2.45) is 0 Å². The van der Waals surface area contributed by atoms with Gasteiger partial charge in [0.1, 0.15) is 6.04 Å². The van der Waals surface area contributed by atoms with Gasteiger partial charge in [0, 0.05) is 31.2 Å². The molecular weight excluding hydrogens is 258 g/mol. The number of rotatable bonds is 3. The smallest absolute Gasteiger partial charge is 0.290 e. The van der Waals surface area contributed by atoms with E-state index in [1.807, 2.05) is 6.92 Å². The Morgan fingerprint density at radius 1 is 1.45 bits per heavy atom. The maximum Gasteiger partial charge on any atom is 0.290 e. The molecule has 1 atom stereocenters. The normalized spacial score (nSPS) is 22.6. The summed E-state index contributed by atoms with van der Waals surface area (Å²) in [5.41, 5.74) is 0.801. The maximum atomic E-state index is 12.5. The highest BCUT2D eigenvalue weighted by Crippen LogP contribution is 2.20. The number of aryl methyl sites for hydroxylation is 1. The fourth-order valence-electron chi connectivity index (χ4n) is 2.43. The molecule has 1 saturated carbocycles. The Bertz CT molecular complexity index is 521. The van der Waals surface area contributed by atoms with Gasteiger partial charge in [0.25, 0.3) is 5.91 Å². The van der Waals surface area contributed by atoms with E-state index < -0.39 is 6.04 Å². The van der Waals surface area contributed by atoms with Gasteiger partial charge in [-0.1, -0.05) is 0 Å². The minimum atomic E-state index is -0.457. The van der Waals surface area contributed by atoms with Gasteiger partial charge in [-0.05, 0) is 25.8 Å². The summed E-state index contributed by atoms with van der Waals surface area (Å²) in [6.07, 6.45) is 3.58. The summed E-state index contributed by atoms with van der Waals surface area (Å²) < 4.78 is 5.26. The molecule has 1 aliphatic carbocycles. The topological polar surface area (TPSA) is 74.6 Å². The highest BCUT2D eigenvalue weighted by Gasteiger charge is 2.36. The van der Waals surface area contributed by atoms with Crippen molar-refractivity contribution in [2.75, 3.05) is 19.6 Å². The Morgan fingerprint density at radius 3 is 2.90 bits per heavy atom. The number of furan rings is 1. The van der Waals surface area contributed by atoms with Gasteiger partial charge >= 0.3 is 0 Å². The summed E-state index contributed by atoms with van der Waals surface area (Å²) in [6, 6.07) is 1.60. The average molecular weight is 277 g/mol. The van der Waals surface area contributed by atoms with Crippen LogP contribution in [0.2, 0.25) is 0 Å². The van der Waals surface area contributed by atoms with Gasteiger partial charge in [-0.2, -0.15) is 0 Å². The molecule has 6 heteroatoms. The van der Waals surface area contributed by atoms with Crippen LogP contribution in [0, 0.1) is 6.92 Å². The van der Waals surface area contributed by atoms with Crippen LogP contribution in [-0.4, -0.2) is 48.4 Å². The largest absolute Gasteiger partial charge is 0.459 e. The van der Waals surface area contributed by atoms with E-state index >= 15 is 0 Å². The van der Waals surface area contributed by atoms with Crippen molar-refractivity contribution in [3.63, 3.8) is 0 Å². The van der Waals surface area contributed by atoms with Crippen LogP contribution in [0.4, 0.5) is 0 Å². The fourth-order valence-corrected chi connectivity index (χ4v) is 2.43. The monoisotopic (exact) mass is 277 g/mol. The highest BCUT2D eigenvalue weighted by atomic mass is 16.3. The van der Waals surface area contributed by atoms with Gasteiger partial charge in [0.15, 0.2) is 5.76 Å². The zero-order valence-corrected chi connectivity index (χ0v) is 11.5. The van der Waals surface area contributed by atoms with Crippen LogP contribution in [0.5, 0.6) is 0 Å². The Kier molecular flexibility index (Phi) is 3.48. The third kappa shape index (κ3) is 2.56. The summed E-state index contributed by atoms with van der Waals surface area (Å²) in [5.74, 6) is 0.0540. The van der Waals surface area contributed by atoms with Crippen LogP contribution in [0.1, 0.15) is 29.0 Å². The second-order valence-electron chi connectivity index (χ2n) is 5.43. The van der Waals surface area contributed by atoms with Crippen molar-refractivity contribution in [3.05, 3.63) is 23.7 Å². The highest BCUT2D eigenvalue weighted by molar-refractivity contribution is 5.96. The fraction of sp³-hybridized carbons (Fsp3) is 0.571. The lowest BCUT2D eigenvalue weighted by Crippen LogP contribution is -2.59. The first-order chi connectivity index (χ1) is 9.66. The van der Waals surface area contributed by atoms with Gasteiger partial charge in [-0.15, -0.1) is 0 Å². The lowest BCUT2D eigenvalue weighted by molar-refractivity contribution is -0.126. The molecule has 20 heavy (non-hydrogen) atoms. The van der Waals surface area contributed by atoms with Crippen LogP contribution in [-0.2, 0) is 4.79 Å². The van der Waals surface area contributed by atoms with E-state index in [-0.39, 0.29) is 11.8 Å². The van der Waals surface area contributed by atoms with Crippen molar-refractivity contribution in [1.82, 2.24) is 15.5 Å². The molecule has 0 aromatic carbocycles. The van der Waals surface area contributed by atoms with Gasteiger partial charge in [-0.25, -0.2) is 0 Å². The Morgan fingerprint density at radius 2 is 2.25 bits per heavy atom. The molecule has 2 heterocycles. The van der Waals surface area contributed by atoms with Crippen molar-refractivity contribution < 1.29 is 14.0 Å². The number of hydrogen-bond donors (Lipinski definition) is 2. The molecule has 1 aliphatic heterocycles. The van der Waals surface area contributed by atoms with Gasteiger partial charge in [-0.3, -0.25) is 9.59 Å². The van der Waals surface area contributed by atoms with Crippen molar-refractivity contribution in [2.45, 2.75) is 31.8 Å². The molecule has 1 saturated heterocycles. The molecule has 108 valence electrons. The molecular formula is C14H19N3O3. The SMILES string of the molecule is Cc1ccoc1C(=O)N1CCNC[C@H]1C(=O)NC1CC1. The number of carbonyl (C=O) groups is 2. The molecule has 0 bridgehead atoms. The Balaban J connectivity index is 1.75. The van der Waals surface area contributed by atoms with Crippen molar-refractivity contribution >= 4 is 11.8 Å². The first-order valence-corrected chi connectivity index (χ1v) is 7.03. The van der Waals surface area contributed by atoms with E-state index in [0.29, 0.717) is 31.4 Å². The lowest BCUT2D eigenvalue weighted by atomic mass is 10.1. The summed E-state index contributed by atoms with van der Waals surface area (Å²) in [6.45, 7) is 3.53. The number of carbonyl (C=O) groups excluding carboxylic acids is 2. The predicted octanol–water partition coefficient (Wildman–Crippen LogP) is 0.281. The molecule has 2 amide bonds. The van der Waals surface area contributed by atoms with E-state index in [0.717, 1.165) is 18.4 Å². The number of nitrogens with one attached hydrogen (secondary N) is 2. The van der Waals surface area contributed by atoms with Gasteiger partial charge in [0.05, 0.1) is 6.26 Å². The van der Waals surface area contributed by atoms with E-state index in [1.165, 1.54) is 6.26 Å². The van der Waals surface area contributed by atoms with E-state index in [1.54, 1.807) is 11.0 Å². The average Bonchev–Trinajstić information content (AvgIpc) is 3.17. The van der Waals surface area contributed by atoms with Crippen LogP contribution in [0.3, 0.4) is 0 Å². The Hall–Kier alpha value is -1.82. The lowest BCUT2D eigenvalue weighted by Gasteiger charge is -2.34. The Labute approximate surface area is 117 Å². The number of hydrogen-bond acceptors (Lipinski definition) is 4. The predicted molar refractivity (Wildman–Crippen MR) is 72.3 cm³/mol. The molecule has 0 radical (unpaired) electrons. The third-order valence-corrected chi connectivity index (χ3v) is 3.79. The van der Waals surface area contributed by atoms with Crippen LogP contribution in [0.25, 0.3) is 0 Å². The first kappa shape index (κ1) is 13.2. The number of piperazine rings is 1. The molecule has 1 aromatic rings. The van der Waals surface area contributed by atoms with E-state index in [2.05, 4.69) is 10.6 Å². The second-order valence-corrected chi connectivity index (χ2v) is 5.43. The van der Waals surface area contributed by atoms with Crippen molar-refractivity contribution in [3.8, 4) is 0 Å². The van der Waals surface area contributed by atoms with Crippen LogP contribution in [0.15, 0.2) is 16.7 Å². The van der Waals surface area contributed by atoms with E-state index in [4.69, 9.17) is 4.42 Å². The van der Waals surface area contributed by atoms with Crippen LogP contribution < -0.4 is 10.6 Å². The standard InChI is InChI=1S/C14H19N3O3/c1-9-4-7-20-12(9)14(19)17-6-5-15-8-11(17)13(18)16-10-2-3-10/h4,7,10-11,15H,2-3,5-6,8H2,1H3,(H,16,18)/t11-/m0/s1. The maximum absolute atomic E-state index is 12.5. The number of amides is 2. The first-order valence-electron chi connectivity index (χ1n) is 7.03.